The van der Waals surface area contributed by atoms with Gasteiger partial charge in [0.25, 0.3) is 0 Å². The minimum absolute atomic E-state index is 0.616. The van der Waals surface area contributed by atoms with Crippen LogP contribution in [-0.4, -0.2) is 11.1 Å². The summed E-state index contributed by atoms with van der Waals surface area (Å²) in [6, 6.07) is 8.01. The van der Waals surface area contributed by atoms with E-state index in [1.54, 1.807) is 22.2 Å². The van der Waals surface area contributed by atoms with Crippen molar-refractivity contribution in [1.82, 2.24) is 9.88 Å². The Morgan fingerprint density at radius 1 is 1.05 bits per heavy atom. The lowest BCUT2D eigenvalue weighted by atomic mass is 9.89. The van der Waals surface area contributed by atoms with E-state index in [-0.39, 0.29) is 0 Å². The van der Waals surface area contributed by atoms with E-state index in [1.165, 1.54) is 50.5 Å². The summed E-state index contributed by atoms with van der Waals surface area (Å²) in [4.78, 5) is 0. The van der Waals surface area contributed by atoms with Crippen LogP contribution in [0, 0.1) is 0 Å². The first-order valence-corrected chi connectivity index (χ1v) is 8.80. The first kappa shape index (κ1) is 12.3. The van der Waals surface area contributed by atoms with Crippen molar-refractivity contribution in [3.05, 3.63) is 35.0 Å². The normalized spacial score (nSPS) is 25.4. The molecule has 1 fully saturated rings. The maximum Gasteiger partial charge on any atom is 0.0486 e. The summed E-state index contributed by atoms with van der Waals surface area (Å²) in [6.07, 6.45) is 9.60. The topological polar surface area (TPSA) is 17.0 Å². The van der Waals surface area contributed by atoms with Gasteiger partial charge in [0.2, 0.25) is 0 Å². The molecule has 110 valence electrons. The van der Waals surface area contributed by atoms with Gasteiger partial charge in [-0.15, -0.1) is 0 Å². The Labute approximate surface area is 126 Å². The maximum absolute atomic E-state index is 3.73. The number of benzene rings is 1. The molecule has 2 aliphatic carbocycles. The highest BCUT2D eigenvalue weighted by Gasteiger charge is 2.30. The molecule has 1 saturated carbocycles. The van der Waals surface area contributed by atoms with Crippen LogP contribution in [-0.2, 0) is 13.0 Å². The molecule has 1 atom stereocenters. The van der Waals surface area contributed by atoms with Gasteiger partial charge in [0.15, 0.2) is 0 Å². The van der Waals surface area contributed by atoms with Crippen LogP contribution < -0.4 is 5.32 Å². The van der Waals surface area contributed by atoms with Crippen molar-refractivity contribution in [2.45, 2.75) is 63.5 Å². The predicted octanol–water partition coefficient (Wildman–Crippen LogP) is 4.28. The van der Waals surface area contributed by atoms with Gasteiger partial charge in [-0.1, -0.05) is 18.9 Å². The molecule has 0 saturated heterocycles. The van der Waals surface area contributed by atoms with Gasteiger partial charge in [-0.2, -0.15) is 0 Å². The van der Waals surface area contributed by atoms with Gasteiger partial charge in [0.1, 0.15) is 0 Å². The third kappa shape index (κ3) is 1.75. The smallest absolute Gasteiger partial charge is 0.0486 e. The van der Waals surface area contributed by atoms with E-state index in [1.807, 2.05) is 0 Å². The van der Waals surface area contributed by atoms with E-state index in [0.717, 1.165) is 19.0 Å². The summed E-state index contributed by atoms with van der Waals surface area (Å²) >= 11 is 0. The highest BCUT2D eigenvalue weighted by molar-refractivity contribution is 5.87. The lowest BCUT2D eigenvalue weighted by Gasteiger charge is -2.31. The molecule has 2 aromatic rings. The quantitative estimate of drug-likeness (QED) is 0.825. The highest BCUT2D eigenvalue weighted by Crippen LogP contribution is 2.41. The van der Waals surface area contributed by atoms with Gasteiger partial charge in [-0.05, 0) is 61.3 Å². The Hall–Kier alpha value is -1.28. The first-order chi connectivity index (χ1) is 10.4. The largest absolute Gasteiger partial charge is 0.342 e. The number of rotatable bonds is 1. The lowest BCUT2D eigenvalue weighted by molar-refractivity contribution is 0.384. The molecule has 1 aromatic carbocycles. The van der Waals surface area contributed by atoms with Crippen molar-refractivity contribution in [2.24, 2.45) is 0 Å². The number of fused-ring (bicyclic) bond motifs is 3. The first-order valence-electron chi connectivity index (χ1n) is 8.80. The average molecular weight is 280 g/mol. The summed E-state index contributed by atoms with van der Waals surface area (Å²) in [6.45, 7) is 2.27. The molecule has 0 amide bonds. The standard InChI is InChI=1S/C19H24N2/c1-2-5-13(4-1)14-8-9-18-16(12-14)15-6-3-7-17-19(15)21(18)11-10-20-17/h8-9,12-13,17,20H,1-7,10-11H2. The van der Waals surface area contributed by atoms with E-state index in [0.29, 0.717) is 6.04 Å². The zero-order valence-electron chi connectivity index (χ0n) is 12.7. The van der Waals surface area contributed by atoms with Gasteiger partial charge in [-0.25, -0.2) is 0 Å². The molecular weight excluding hydrogens is 256 g/mol. The molecule has 21 heavy (non-hydrogen) atoms. The maximum atomic E-state index is 3.73. The van der Waals surface area contributed by atoms with Crippen molar-refractivity contribution in [2.75, 3.05) is 6.54 Å². The predicted molar refractivity (Wildman–Crippen MR) is 86.8 cm³/mol. The molecule has 0 radical (unpaired) electrons. The number of nitrogens with zero attached hydrogens (tertiary/aromatic N) is 1. The zero-order valence-corrected chi connectivity index (χ0v) is 12.7. The van der Waals surface area contributed by atoms with E-state index in [9.17, 15) is 0 Å². The molecular formula is C19H24N2. The van der Waals surface area contributed by atoms with Crippen molar-refractivity contribution in [3.63, 3.8) is 0 Å². The average Bonchev–Trinajstić information content (AvgIpc) is 3.16. The minimum atomic E-state index is 0.616. The highest BCUT2D eigenvalue weighted by atomic mass is 15.1. The number of hydrogen-bond donors (Lipinski definition) is 1. The second kappa shape index (κ2) is 4.61. The van der Waals surface area contributed by atoms with Gasteiger partial charge < -0.3 is 9.88 Å². The number of nitrogens with one attached hydrogen (secondary N) is 1. The molecule has 1 N–H and O–H groups in total. The Bertz CT molecular complexity index is 689. The molecule has 1 unspecified atom stereocenters. The van der Waals surface area contributed by atoms with Crippen LogP contribution in [0.1, 0.15) is 67.3 Å². The Kier molecular flexibility index (Phi) is 2.69. The lowest BCUT2D eigenvalue weighted by Crippen LogP contribution is -2.35. The van der Waals surface area contributed by atoms with Crippen molar-refractivity contribution >= 4 is 10.9 Å². The van der Waals surface area contributed by atoms with E-state index in [4.69, 9.17) is 0 Å². The van der Waals surface area contributed by atoms with Gasteiger partial charge >= 0.3 is 0 Å². The van der Waals surface area contributed by atoms with Crippen molar-refractivity contribution < 1.29 is 0 Å². The van der Waals surface area contributed by atoms with E-state index in [2.05, 4.69) is 28.1 Å². The monoisotopic (exact) mass is 280 g/mol. The third-order valence-corrected chi connectivity index (χ3v) is 6.04. The fourth-order valence-corrected chi connectivity index (χ4v) is 5.05. The van der Waals surface area contributed by atoms with Gasteiger partial charge in [-0.3, -0.25) is 0 Å². The van der Waals surface area contributed by atoms with E-state index >= 15 is 0 Å². The van der Waals surface area contributed by atoms with Crippen LogP contribution in [0.4, 0.5) is 0 Å². The Morgan fingerprint density at radius 2 is 1.95 bits per heavy atom. The molecule has 2 nitrogen and oxygen atoms in total. The molecule has 1 aliphatic heterocycles. The Balaban J connectivity index is 1.71. The van der Waals surface area contributed by atoms with E-state index < -0.39 is 0 Å². The summed E-state index contributed by atoms with van der Waals surface area (Å²) in [5.41, 5.74) is 6.38. The fourth-order valence-electron chi connectivity index (χ4n) is 5.05. The number of aryl methyl sites for hydroxylation is 1. The van der Waals surface area contributed by atoms with Crippen molar-refractivity contribution in [1.29, 1.82) is 0 Å². The summed E-state index contributed by atoms with van der Waals surface area (Å²) < 4.78 is 2.61. The van der Waals surface area contributed by atoms with Crippen LogP contribution >= 0.6 is 0 Å². The molecule has 3 aliphatic rings. The van der Waals surface area contributed by atoms with Crippen molar-refractivity contribution in [3.8, 4) is 0 Å². The molecule has 2 heterocycles. The third-order valence-electron chi connectivity index (χ3n) is 6.04. The minimum Gasteiger partial charge on any atom is -0.342 e. The van der Waals surface area contributed by atoms with Crippen LogP contribution in [0.15, 0.2) is 18.2 Å². The van der Waals surface area contributed by atoms with Crippen LogP contribution in [0.2, 0.25) is 0 Å². The van der Waals surface area contributed by atoms with Gasteiger partial charge in [0.05, 0.1) is 0 Å². The number of hydrogen-bond acceptors (Lipinski definition) is 1. The molecule has 1 aromatic heterocycles. The SMILES string of the molecule is c1cc2c(cc1C1CCCC1)c1c3n2CCNC3CCC1. The summed E-state index contributed by atoms with van der Waals surface area (Å²) in [5.74, 6) is 0.830. The Morgan fingerprint density at radius 3 is 2.86 bits per heavy atom. The summed E-state index contributed by atoms with van der Waals surface area (Å²) in [5, 5.41) is 5.30. The molecule has 0 spiro atoms. The molecule has 0 bridgehead atoms. The second-order valence-corrected chi connectivity index (χ2v) is 7.17. The zero-order chi connectivity index (χ0) is 13.8. The van der Waals surface area contributed by atoms with Crippen LogP contribution in [0.25, 0.3) is 10.9 Å². The fraction of sp³-hybridized carbons (Fsp3) is 0.579. The van der Waals surface area contributed by atoms with Crippen LogP contribution in [0.5, 0.6) is 0 Å². The molecule has 5 rings (SSSR count). The molecule has 2 heteroatoms. The number of aromatic nitrogens is 1. The second-order valence-electron chi connectivity index (χ2n) is 7.17. The summed E-state index contributed by atoms with van der Waals surface area (Å²) in [7, 11) is 0. The van der Waals surface area contributed by atoms with Crippen LogP contribution in [0.3, 0.4) is 0 Å². The van der Waals surface area contributed by atoms with Gasteiger partial charge in [0, 0.05) is 35.7 Å².